The zero-order valence-electron chi connectivity index (χ0n) is 6.22. The molecule has 0 N–H and O–H groups in total. The normalized spacial score (nSPS) is 30.5. The van der Waals surface area contributed by atoms with Crippen molar-refractivity contribution in [2.75, 3.05) is 7.11 Å². The van der Waals surface area contributed by atoms with Crippen LogP contribution in [0.15, 0.2) is 0 Å². The average Bonchev–Trinajstić information content (AvgIpc) is 2.32. The van der Waals surface area contributed by atoms with Crippen molar-refractivity contribution in [3.63, 3.8) is 0 Å². The highest BCUT2D eigenvalue weighted by atomic mass is 19.1. The highest BCUT2D eigenvalue weighted by molar-refractivity contribution is 6.08. The average molecular weight is 160 g/mol. The molecule has 0 unspecified atom stereocenters. The number of methoxy groups -OCH3 is 1. The van der Waals surface area contributed by atoms with Crippen molar-refractivity contribution >= 4 is 11.8 Å². The monoisotopic (exact) mass is 160 g/mol. The summed E-state index contributed by atoms with van der Waals surface area (Å²) in [7, 11) is 1.08. The van der Waals surface area contributed by atoms with Crippen molar-refractivity contribution in [3.8, 4) is 0 Å². The summed E-state index contributed by atoms with van der Waals surface area (Å²) in [6.07, 6.45) is 0.550. The minimum Gasteiger partial charge on any atom is -0.466 e. The van der Waals surface area contributed by atoms with Crippen molar-refractivity contribution in [2.24, 2.45) is 0 Å². The highest BCUT2D eigenvalue weighted by Gasteiger charge is 2.50. The topological polar surface area (TPSA) is 43.4 Å². The van der Waals surface area contributed by atoms with Gasteiger partial charge in [0.2, 0.25) is 0 Å². The second kappa shape index (κ2) is 2.60. The molecular formula is C7H9FO3. The van der Waals surface area contributed by atoms with Gasteiger partial charge >= 0.3 is 5.97 Å². The molecule has 62 valence electrons. The molecule has 1 aliphatic rings. The number of alkyl halides is 1. The first-order valence-corrected chi connectivity index (χ1v) is 3.42. The lowest BCUT2D eigenvalue weighted by Crippen LogP contribution is -2.38. The Balaban J connectivity index is 2.80. The Bertz CT molecular complexity index is 202. The van der Waals surface area contributed by atoms with Crippen LogP contribution in [0.5, 0.6) is 0 Å². The SMILES string of the molecule is COC(=O)[C@@]1(F)CCCC1=O. The first-order chi connectivity index (χ1) is 5.11. The standard InChI is InChI=1S/C7H9FO3/c1-11-6(10)7(8)4-2-3-5(7)9/h2-4H2,1H3/t7-/m1/s1. The van der Waals surface area contributed by atoms with Gasteiger partial charge in [-0.25, -0.2) is 9.18 Å². The van der Waals surface area contributed by atoms with Crippen LogP contribution in [0.2, 0.25) is 0 Å². The van der Waals surface area contributed by atoms with E-state index in [0.717, 1.165) is 7.11 Å². The van der Waals surface area contributed by atoms with Gasteiger partial charge in [-0.05, 0) is 6.42 Å². The van der Waals surface area contributed by atoms with E-state index in [1.165, 1.54) is 0 Å². The molecule has 1 saturated carbocycles. The van der Waals surface area contributed by atoms with E-state index < -0.39 is 17.4 Å². The third kappa shape index (κ3) is 1.13. The molecule has 3 nitrogen and oxygen atoms in total. The molecule has 1 fully saturated rings. The van der Waals surface area contributed by atoms with Gasteiger partial charge in [-0.15, -0.1) is 0 Å². The fourth-order valence-corrected chi connectivity index (χ4v) is 1.21. The number of ketones is 1. The van der Waals surface area contributed by atoms with Crippen molar-refractivity contribution in [1.29, 1.82) is 0 Å². The molecule has 0 aromatic rings. The number of ether oxygens (including phenoxy) is 1. The highest BCUT2D eigenvalue weighted by Crippen LogP contribution is 2.30. The number of halogens is 1. The molecular weight excluding hydrogens is 151 g/mol. The lowest BCUT2D eigenvalue weighted by molar-refractivity contribution is -0.158. The largest absolute Gasteiger partial charge is 0.466 e. The second-order valence-corrected chi connectivity index (χ2v) is 2.57. The zero-order valence-corrected chi connectivity index (χ0v) is 6.22. The van der Waals surface area contributed by atoms with E-state index >= 15 is 0 Å². The summed E-state index contributed by atoms with van der Waals surface area (Å²) in [5, 5.41) is 0. The van der Waals surface area contributed by atoms with Crippen LogP contribution in [0.1, 0.15) is 19.3 Å². The quantitative estimate of drug-likeness (QED) is 0.417. The van der Waals surface area contributed by atoms with E-state index in [1.54, 1.807) is 0 Å². The molecule has 0 amide bonds. The van der Waals surface area contributed by atoms with E-state index in [2.05, 4.69) is 4.74 Å². The fourth-order valence-electron chi connectivity index (χ4n) is 1.21. The molecule has 0 radical (unpaired) electrons. The number of Topliss-reactive ketones (excluding diaryl/α,β-unsaturated/α-hetero) is 1. The first kappa shape index (κ1) is 8.17. The van der Waals surface area contributed by atoms with Crippen LogP contribution in [0.4, 0.5) is 4.39 Å². The van der Waals surface area contributed by atoms with E-state index in [1.807, 2.05) is 0 Å². The fraction of sp³-hybridized carbons (Fsp3) is 0.714. The first-order valence-electron chi connectivity index (χ1n) is 3.42. The van der Waals surface area contributed by atoms with Crippen LogP contribution < -0.4 is 0 Å². The van der Waals surface area contributed by atoms with Crippen molar-refractivity contribution in [1.82, 2.24) is 0 Å². The lowest BCUT2D eigenvalue weighted by atomic mass is 10.0. The third-order valence-corrected chi connectivity index (χ3v) is 1.88. The number of hydrogen-bond acceptors (Lipinski definition) is 3. The molecule has 0 aliphatic heterocycles. The van der Waals surface area contributed by atoms with Crippen LogP contribution in [-0.4, -0.2) is 24.5 Å². The molecule has 1 atom stereocenters. The minimum atomic E-state index is -2.34. The lowest BCUT2D eigenvalue weighted by Gasteiger charge is -2.12. The molecule has 0 spiro atoms. The molecule has 11 heavy (non-hydrogen) atoms. The number of carbonyl (C=O) groups is 2. The predicted octanol–water partition coefficient (Wildman–Crippen LogP) is 0.621. The van der Waals surface area contributed by atoms with Crippen molar-refractivity contribution in [2.45, 2.75) is 24.9 Å². The molecule has 4 heteroatoms. The van der Waals surface area contributed by atoms with E-state index in [0.29, 0.717) is 6.42 Å². The van der Waals surface area contributed by atoms with Crippen LogP contribution in [0.3, 0.4) is 0 Å². The maximum absolute atomic E-state index is 13.3. The summed E-state index contributed by atoms with van der Waals surface area (Å²) in [4.78, 5) is 21.5. The number of carbonyl (C=O) groups excluding carboxylic acids is 2. The van der Waals surface area contributed by atoms with Gasteiger partial charge in [-0.3, -0.25) is 4.79 Å². The molecule has 0 heterocycles. The van der Waals surface area contributed by atoms with Gasteiger partial charge in [0.25, 0.3) is 5.67 Å². The summed E-state index contributed by atoms with van der Waals surface area (Å²) in [5.74, 6) is -1.70. The van der Waals surface area contributed by atoms with Crippen molar-refractivity contribution in [3.05, 3.63) is 0 Å². The van der Waals surface area contributed by atoms with E-state index in [4.69, 9.17) is 0 Å². The summed E-state index contributed by atoms with van der Waals surface area (Å²) in [5.41, 5.74) is -2.34. The second-order valence-electron chi connectivity index (χ2n) is 2.57. The predicted molar refractivity (Wildman–Crippen MR) is 34.7 cm³/mol. The maximum Gasteiger partial charge on any atom is 0.351 e. The van der Waals surface area contributed by atoms with Crippen LogP contribution in [0.25, 0.3) is 0 Å². The third-order valence-electron chi connectivity index (χ3n) is 1.88. The van der Waals surface area contributed by atoms with Gasteiger partial charge in [-0.1, -0.05) is 0 Å². The summed E-state index contributed by atoms with van der Waals surface area (Å²) < 4.78 is 17.4. The van der Waals surface area contributed by atoms with Crippen molar-refractivity contribution < 1.29 is 18.7 Å². The van der Waals surface area contributed by atoms with Gasteiger partial charge in [-0.2, -0.15) is 0 Å². The molecule has 0 bridgehead atoms. The number of esters is 1. The van der Waals surface area contributed by atoms with Gasteiger partial charge in [0, 0.05) is 12.8 Å². The summed E-state index contributed by atoms with van der Waals surface area (Å²) in [6, 6.07) is 0. The van der Waals surface area contributed by atoms with Gasteiger partial charge < -0.3 is 4.74 Å². The molecule has 1 aliphatic carbocycles. The van der Waals surface area contributed by atoms with Crippen LogP contribution in [0, 0.1) is 0 Å². The number of rotatable bonds is 1. The molecule has 0 aromatic heterocycles. The van der Waals surface area contributed by atoms with E-state index in [-0.39, 0.29) is 12.8 Å². The maximum atomic E-state index is 13.3. The van der Waals surface area contributed by atoms with Gasteiger partial charge in [0.05, 0.1) is 7.11 Å². The Morgan fingerprint density at radius 1 is 1.73 bits per heavy atom. The smallest absolute Gasteiger partial charge is 0.351 e. The summed E-state index contributed by atoms with van der Waals surface area (Å²) >= 11 is 0. The zero-order chi connectivity index (χ0) is 8.48. The van der Waals surface area contributed by atoms with Gasteiger partial charge in [0.1, 0.15) is 0 Å². The Morgan fingerprint density at radius 3 is 2.73 bits per heavy atom. The Hall–Kier alpha value is -0.930. The van der Waals surface area contributed by atoms with Crippen LogP contribution in [-0.2, 0) is 14.3 Å². The molecule has 0 saturated heterocycles. The van der Waals surface area contributed by atoms with E-state index in [9.17, 15) is 14.0 Å². The Labute approximate surface area is 63.5 Å². The molecule has 0 aromatic carbocycles. The summed E-state index contributed by atoms with van der Waals surface area (Å²) in [6.45, 7) is 0. The Kier molecular flexibility index (Phi) is 1.93. The number of hydrogen-bond donors (Lipinski definition) is 0. The molecule has 1 rings (SSSR count). The Morgan fingerprint density at radius 2 is 2.36 bits per heavy atom. The minimum absolute atomic E-state index is 0.0293. The van der Waals surface area contributed by atoms with Gasteiger partial charge in [0.15, 0.2) is 5.78 Å². The van der Waals surface area contributed by atoms with Crippen LogP contribution >= 0.6 is 0 Å².